The van der Waals surface area contributed by atoms with E-state index in [2.05, 4.69) is 57.6 Å². The second-order valence-corrected chi connectivity index (χ2v) is 14.9. The van der Waals surface area contributed by atoms with Crippen molar-refractivity contribution in [2.45, 2.75) is 52.2 Å². The van der Waals surface area contributed by atoms with Crippen LogP contribution in [-0.2, 0) is 31.2 Å². The van der Waals surface area contributed by atoms with Gasteiger partial charge in [-0.2, -0.15) is 0 Å². The Bertz CT molecular complexity index is 2060. The van der Waals surface area contributed by atoms with Crippen LogP contribution in [0, 0.1) is 5.41 Å². The predicted octanol–water partition coefficient (Wildman–Crippen LogP) is 4.39. The first-order chi connectivity index (χ1) is 24.0. The molecule has 4 aromatic rings. The fourth-order valence-electron chi connectivity index (χ4n) is 8.20. The van der Waals surface area contributed by atoms with Gasteiger partial charge in [-0.25, -0.2) is 9.78 Å². The molecule has 1 aromatic carbocycles. The number of benzene rings is 1. The number of amides is 1. The van der Waals surface area contributed by atoms with E-state index in [1.165, 1.54) is 26.9 Å². The zero-order valence-electron chi connectivity index (χ0n) is 29.0. The number of hydrogen-bond donors (Lipinski definition) is 2. The number of rotatable bonds is 7. The van der Waals surface area contributed by atoms with Crippen LogP contribution in [0.25, 0.3) is 11.1 Å². The third-order valence-corrected chi connectivity index (χ3v) is 10.8. The molecule has 4 aliphatic rings. The molecule has 2 fully saturated rings. The lowest BCUT2D eigenvalue weighted by Crippen LogP contribution is -2.59. The molecule has 260 valence electrons. The average Bonchev–Trinajstić information content (AvgIpc) is 3.55. The minimum Gasteiger partial charge on any atom is -0.478 e. The number of nitrogens with one attached hydrogen (secondary N) is 1. The van der Waals surface area contributed by atoms with Crippen LogP contribution in [0.1, 0.15) is 52.9 Å². The quantitative estimate of drug-likeness (QED) is 0.293. The molecule has 1 aliphatic carbocycles. The molecule has 50 heavy (non-hydrogen) atoms. The van der Waals surface area contributed by atoms with Gasteiger partial charge in [0, 0.05) is 86.4 Å². The van der Waals surface area contributed by atoms with Crippen molar-refractivity contribution in [1.82, 2.24) is 19.0 Å². The molecule has 0 saturated carbocycles. The van der Waals surface area contributed by atoms with Gasteiger partial charge < -0.3 is 29.2 Å². The highest BCUT2D eigenvalue weighted by Gasteiger charge is 2.38. The monoisotopic (exact) mass is 677 g/mol. The van der Waals surface area contributed by atoms with E-state index in [1.807, 2.05) is 18.2 Å². The second-order valence-electron chi connectivity index (χ2n) is 14.9. The van der Waals surface area contributed by atoms with Crippen LogP contribution in [0.4, 0.5) is 22.9 Å². The van der Waals surface area contributed by atoms with Crippen LogP contribution in [-0.4, -0.2) is 87.5 Å². The number of carboxylic acids is 1. The van der Waals surface area contributed by atoms with Crippen molar-refractivity contribution in [3.63, 3.8) is 0 Å². The largest absolute Gasteiger partial charge is 0.478 e. The molecule has 1 amide bonds. The van der Waals surface area contributed by atoms with Crippen molar-refractivity contribution in [1.29, 1.82) is 0 Å². The number of carbonyl (C=O) groups is 2. The van der Waals surface area contributed by atoms with E-state index in [9.17, 15) is 19.5 Å². The lowest BCUT2D eigenvalue weighted by Gasteiger charge is -2.46. The molecule has 2 N–H and O–H groups in total. The third kappa shape index (κ3) is 5.56. The number of fused-ring (bicyclic) bond motifs is 3. The Morgan fingerprint density at radius 1 is 1.02 bits per heavy atom. The third-order valence-electron chi connectivity index (χ3n) is 10.8. The zero-order chi connectivity index (χ0) is 34.9. The SMILES string of the molecule is C[C@H]1CN(C2COC2)CCN1c1ccc(Nc2cc(-c3ccnc(N4CCn5c(cc6c5CC(C)(C)C6)C4=O)c3C(=O)O)cn(C)c2=O)cc1. The summed E-state index contributed by atoms with van der Waals surface area (Å²) in [5.74, 6) is -1.36. The smallest absolute Gasteiger partial charge is 0.340 e. The van der Waals surface area contributed by atoms with E-state index < -0.39 is 5.97 Å². The fourth-order valence-corrected chi connectivity index (χ4v) is 8.20. The zero-order valence-corrected chi connectivity index (χ0v) is 29.0. The van der Waals surface area contributed by atoms with E-state index in [0.717, 1.165) is 57.1 Å². The minimum atomic E-state index is -1.20. The molecule has 6 heterocycles. The maximum Gasteiger partial charge on any atom is 0.340 e. The van der Waals surface area contributed by atoms with E-state index in [1.54, 1.807) is 25.4 Å². The van der Waals surface area contributed by atoms with Gasteiger partial charge in [0.15, 0.2) is 5.82 Å². The maximum atomic E-state index is 13.9. The van der Waals surface area contributed by atoms with E-state index in [0.29, 0.717) is 47.7 Å². The standard InChI is InChI=1S/C38H43N7O5/c1-23-19-42(28-21-50-22-28)11-12-43(23)27-7-5-26(6-8-27)40-30-15-25(20-41(4)35(30)46)29-9-10-39-34(33(29)37(48)49)45-14-13-44-31(36(45)47)16-24-17-38(2,3)18-32(24)44/h5-10,15-16,20,23,28,40H,11-14,17-19,21-22H2,1-4H3,(H,48,49)/t23-/m0/s1. The Morgan fingerprint density at radius 2 is 1.80 bits per heavy atom. The highest BCUT2D eigenvalue weighted by molar-refractivity contribution is 6.10. The Kier molecular flexibility index (Phi) is 7.83. The molecule has 2 saturated heterocycles. The second kappa shape index (κ2) is 12.1. The van der Waals surface area contributed by atoms with Crippen molar-refractivity contribution in [3.8, 4) is 11.1 Å². The van der Waals surface area contributed by atoms with E-state index in [-0.39, 0.29) is 28.3 Å². The molecule has 0 spiro atoms. The van der Waals surface area contributed by atoms with Crippen molar-refractivity contribution >= 4 is 34.8 Å². The lowest BCUT2D eigenvalue weighted by molar-refractivity contribution is -0.0691. The summed E-state index contributed by atoms with van der Waals surface area (Å²) in [4.78, 5) is 50.9. The lowest BCUT2D eigenvalue weighted by atomic mass is 9.90. The Hall–Kier alpha value is -4.94. The highest BCUT2D eigenvalue weighted by atomic mass is 16.5. The molecule has 0 radical (unpaired) electrons. The fraction of sp³-hybridized carbons (Fsp3) is 0.421. The summed E-state index contributed by atoms with van der Waals surface area (Å²) in [6, 6.07) is 14.2. The summed E-state index contributed by atoms with van der Waals surface area (Å²) < 4.78 is 8.92. The van der Waals surface area contributed by atoms with Crippen molar-refractivity contribution in [3.05, 3.63) is 87.7 Å². The number of aromatic nitrogens is 3. The summed E-state index contributed by atoms with van der Waals surface area (Å²) in [5, 5.41) is 13.8. The van der Waals surface area contributed by atoms with Gasteiger partial charge in [0.2, 0.25) is 0 Å². The summed E-state index contributed by atoms with van der Waals surface area (Å²) in [6.07, 6.45) is 4.96. The number of anilines is 4. The number of pyridine rings is 2. The summed E-state index contributed by atoms with van der Waals surface area (Å²) in [5.41, 5.74) is 5.84. The number of aryl methyl sites for hydroxylation is 1. The van der Waals surface area contributed by atoms with Crippen LogP contribution >= 0.6 is 0 Å². The molecule has 8 rings (SSSR count). The molecule has 1 atom stereocenters. The highest BCUT2D eigenvalue weighted by Crippen LogP contribution is 2.40. The van der Waals surface area contributed by atoms with Crippen LogP contribution in [0.3, 0.4) is 0 Å². The summed E-state index contributed by atoms with van der Waals surface area (Å²) >= 11 is 0. The van der Waals surface area contributed by atoms with Crippen molar-refractivity contribution in [2.24, 2.45) is 12.5 Å². The number of carboxylic acid groups (broad SMARTS) is 1. The molecule has 3 aromatic heterocycles. The Balaban J connectivity index is 1.06. The van der Waals surface area contributed by atoms with Crippen LogP contribution in [0.2, 0.25) is 0 Å². The number of ether oxygens (including phenoxy) is 1. The summed E-state index contributed by atoms with van der Waals surface area (Å²) in [7, 11) is 1.64. The molecule has 0 bridgehead atoms. The van der Waals surface area contributed by atoms with E-state index >= 15 is 0 Å². The molecule has 12 heteroatoms. The maximum absolute atomic E-state index is 13.9. The van der Waals surface area contributed by atoms with Gasteiger partial charge in [-0.05, 0) is 73.2 Å². The van der Waals surface area contributed by atoms with Crippen molar-refractivity contribution < 1.29 is 19.4 Å². The topological polar surface area (TPSA) is 125 Å². The van der Waals surface area contributed by atoms with Gasteiger partial charge in [-0.1, -0.05) is 13.8 Å². The van der Waals surface area contributed by atoms with Crippen LogP contribution < -0.4 is 20.7 Å². The number of aromatic carboxylic acids is 1. The number of carbonyl (C=O) groups excluding carboxylic acids is 1. The number of nitrogens with zero attached hydrogens (tertiary/aromatic N) is 6. The number of hydrogen-bond acceptors (Lipinski definition) is 8. The first-order valence-corrected chi connectivity index (χ1v) is 17.4. The van der Waals surface area contributed by atoms with Crippen molar-refractivity contribution in [2.75, 3.05) is 54.5 Å². The minimum absolute atomic E-state index is 0.0810. The van der Waals surface area contributed by atoms with Gasteiger partial charge in [-0.15, -0.1) is 0 Å². The van der Waals surface area contributed by atoms with Gasteiger partial charge in [0.25, 0.3) is 11.5 Å². The van der Waals surface area contributed by atoms with Gasteiger partial charge in [-0.3, -0.25) is 19.4 Å². The molecule has 3 aliphatic heterocycles. The van der Waals surface area contributed by atoms with Gasteiger partial charge in [0.1, 0.15) is 16.9 Å². The van der Waals surface area contributed by atoms with Gasteiger partial charge in [0.05, 0.1) is 19.3 Å². The molecular weight excluding hydrogens is 634 g/mol. The Morgan fingerprint density at radius 3 is 2.50 bits per heavy atom. The normalized spacial score (nSPS) is 20.4. The summed E-state index contributed by atoms with van der Waals surface area (Å²) in [6.45, 7) is 12.1. The van der Waals surface area contributed by atoms with Crippen LogP contribution in [0.15, 0.2) is 59.7 Å². The van der Waals surface area contributed by atoms with Crippen LogP contribution in [0.5, 0.6) is 0 Å². The molecule has 12 nitrogen and oxygen atoms in total. The predicted molar refractivity (Wildman–Crippen MR) is 192 cm³/mol. The van der Waals surface area contributed by atoms with E-state index in [4.69, 9.17) is 4.74 Å². The number of piperazine rings is 1. The Labute approximate surface area is 290 Å². The first kappa shape index (κ1) is 32.3. The van der Waals surface area contributed by atoms with Gasteiger partial charge >= 0.3 is 5.97 Å². The average molecular weight is 678 g/mol. The molecule has 0 unspecified atom stereocenters. The molecular formula is C38H43N7O5. The first-order valence-electron chi connectivity index (χ1n) is 17.4.